The lowest BCUT2D eigenvalue weighted by atomic mass is 9.64. The number of pyridine rings is 1. The molecule has 1 saturated carbocycles. The van der Waals surface area contributed by atoms with E-state index >= 15 is 0 Å². The van der Waals surface area contributed by atoms with Crippen LogP contribution in [-0.4, -0.2) is 68.1 Å². The van der Waals surface area contributed by atoms with Gasteiger partial charge in [0.2, 0.25) is 5.91 Å². The van der Waals surface area contributed by atoms with Gasteiger partial charge in [0.25, 0.3) is 0 Å². The molecule has 4 rings (SSSR count). The number of hydrogen-bond donors (Lipinski definition) is 2. The van der Waals surface area contributed by atoms with Crippen molar-refractivity contribution in [3.8, 4) is 0 Å². The van der Waals surface area contributed by atoms with Gasteiger partial charge < -0.3 is 20.4 Å². The molecule has 2 heterocycles. The Morgan fingerprint density at radius 1 is 1.03 bits per heavy atom. The number of piperazine rings is 1. The highest BCUT2D eigenvalue weighted by Crippen LogP contribution is 2.43. The van der Waals surface area contributed by atoms with Gasteiger partial charge in [-0.1, -0.05) is 42.8 Å². The van der Waals surface area contributed by atoms with Crippen LogP contribution in [0.2, 0.25) is 0 Å². The molecule has 178 valence electrons. The number of halogens is 1. The Morgan fingerprint density at radius 2 is 1.76 bits per heavy atom. The van der Waals surface area contributed by atoms with Crippen molar-refractivity contribution < 1.29 is 4.79 Å². The summed E-state index contributed by atoms with van der Waals surface area (Å²) < 4.78 is 0. The summed E-state index contributed by atoms with van der Waals surface area (Å²) in [6.45, 7) is 4.56. The first kappa shape index (κ1) is 25.3. The molecule has 0 unspecified atom stereocenters. The SMILES string of the molecule is CN=C(NCCC(=O)N1CCN(c2ccccn2)CC1)NCC1(c2ccccc2)CCC1.I. The number of hydrogen-bond acceptors (Lipinski definition) is 4. The molecule has 2 N–H and O–H groups in total. The summed E-state index contributed by atoms with van der Waals surface area (Å²) in [6.07, 6.45) is 5.94. The van der Waals surface area contributed by atoms with Crippen LogP contribution in [0.5, 0.6) is 0 Å². The molecule has 7 nitrogen and oxygen atoms in total. The summed E-state index contributed by atoms with van der Waals surface area (Å²) in [6, 6.07) is 16.7. The van der Waals surface area contributed by atoms with Gasteiger partial charge >= 0.3 is 0 Å². The first-order valence-corrected chi connectivity index (χ1v) is 11.6. The topological polar surface area (TPSA) is 72.9 Å². The second-order valence-corrected chi connectivity index (χ2v) is 8.66. The number of benzene rings is 1. The van der Waals surface area contributed by atoms with Crippen LogP contribution in [-0.2, 0) is 10.2 Å². The van der Waals surface area contributed by atoms with Crippen molar-refractivity contribution >= 4 is 41.7 Å². The summed E-state index contributed by atoms with van der Waals surface area (Å²) >= 11 is 0. The standard InChI is InChI=1S/C25H34N6O.HI/c1-26-24(29-20-25(12-7-13-25)21-8-3-2-4-9-21)28-15-11-23(32)31-18-16-30(17-19-31)22-10-5-6-14-27-22;/h2-6,8-10,14H,7,11-13,15-20H2,1H3,(H2,26,28,29);1H. The molecular weight excluding hydrogens is 527 g/mol. The highest BCUT2D eigenvalue weighted by atomic mass is 127. The van der Waals surface area contributed by atoms with Crippen LogP contribution in [0.4, 0.5) is 5.82 Å². The zero-order valence-corrected chi connectivity index (χ0v) is 21.7. The van der Waals surface area contributed by atoms with Gasteiger partial charge in [-0.05, 0) is 30.5 Å². The molecule has 2 aromatic rings. The Balaban J connectivity index is 0.00000306. The number of nitrogens with one attached hydrogen (secondary N) is 2. The molecule has 0 radical (unpaired) electrons. The van der Waals surface area contributed by atoms with Gasteiger partial charge in [0, 0.05) is 64.3 Å². The van der Waals surface area contributed by atoms with Gasteiger partial charge in [0.15, 0.2) is 5.96 Å². The van der Waals surface area contributed by atoms with E-state index in [-0.39, 0.29) is 35.3 Å². The maximum Gasteiger partial charge on any atom is 0.224 e. The molecule has 0 spiro atoms. The predicted octanol–water partition coefficient (Wildman–Crippen LogP) is 3.03. The zero-order chi connectivity index (χ0) is 22.2. The van der Waals surface area contributed by atoms with E-state index in [0.717, 1.165) is 44.5 Å². The smallest absolute Gasteiger partial charge is 0.224 e. The minimum atomic E-state index is 0. The third kappa shape index (κ3) is 6.37. The fraction of sp³-hybridized carbons (Fsp3) is 0.480. The molecule has 1 saturated heterocycles. The maximum atomic E-state index is 12.7. The average molecular weight is 563 g/mol. The van der Waals surface area contributed by atoms with Crippen molar-refractivity contribution in [2.75, 3.05) is 51.2 Å². The van der Waals surface area contributed by atoms with Crippen molar-refractivity contribution in [3.63, 3.8) is 0 Å². The van der Waals surface area contributed by atoms with E-state index in [1.165, 1.54) is 24.8 Å². The van der Waals surface area contributed by atoms with Crippen molar-refractivity contribution in [1.29, 1.82) is 0 Å². The molecule has 1 amide bonds. The van der Waals surface area contributed by atoms with Crippen LogP contribution < -0.4 is 15.5 Å². The highest BCUT2D eigenvalue weighted by Gasteiger charge is 2.38. The fourth-order valence-electron chi connectivity index (χ4n) is 4.61. The summed E-state index contributed by atoms with van der Waals surface area (Å²) in [7, 11) is 1.78. The van der Waals surface area contributed by atoms with Gasteiger partial charge in [0.1, 0.15) is 5.82 Å². The van der Waals surface area contributed by atoms with E-state index in [9.17, 15) is 4.79 Å². The van der Waals surface area contributed by atoms with Crippen molar-refractivity contribution in [2.45, 2.75) is 31.1 Å². The summed E-state index contributed by atoms with van der Waals surface area (Å²) in [4.78, 5) is 25.6. The first-order valence-electron chi connectivity index (χ1n) is 11.6. The Labute approximate surface area is 214 Å². The second kappa shape index (κ2) is 12.2. The largest absolute Gasteiger partial charge is 0.356 e. The number of aromatic nitrogens is 1. The minimum absolute atomic E-state index is 0. The van der Waals surface area contributed by atoms with Crippen LogP contribution in [0.15, 0.2) is 59.7 Å². The Bertz CT molecular complexity index is 896. The summed E-state index contributed by atoms with van der Waals surface area (Å²) in [5.74, 6) is 1.93. The minimum Gasteiger partial charge on any atom is -0.356 e. The number of anilines is 1. The summed E-state index contributed by atoms with van der Waals surface area (Å²) in [5, 5.41) is 6.81. The zero-order valence-electron chi connectivity index (χ0n) is 19.4. The lowest BCUT2D eigenvalue weighted by Crippen LogP contribution is -2.50. The van der Waals surface area contributed by atoms with Gasteiger partial charge in [0.05, 0.1) is 0 Å². The lowest BCUT2D eigenvalue weighted by Gasteiger charge is -2.43. The number of rotatable bonds is 7. The molecular formula is C25H35IN6O. The van der Waals surface area contributed by atoms with E-state index in [2.05, 4.69) is 55.8 Å². The van der Waals surface area contributed by atoms with Crippen LogP contribution >= 0.6 is 24.0 Å². The number of aliphatic imine (C=N–C) groups is 1. The van der Waals surface area contributed by atoms with E-state index in [0.29, 0.717) is 13.0 Å². The molecule has 1 aliphatic carbocycles. The second-order valence-electron chi connectivity index (χ2n) is 8.66. The molecule has 0 bridgehead atoms. The van der Waals surface area contributed by atoms with Crippen molar-refractivity contribution in [1.82, 2.24) is 20.5 Å². The normalized spacial score (nSPS) is 17.5. The molecule has 33 heavy (non-hydrogen) atoms. The van der Waals surface area contributed by atoms with Crippen molar-refractivity contribution in [2.24, 2.45) is 4.99 Å². The maximum absolute atomic E-state index is 12.7. The van der Waals surface area contributed by atoms with E-state index in [1.807, 2.05) is 29.3 Å². The first-order chi connectivity index (χ1) is 15.7. The molecule has 2 fully saturated rings. The van der Waals surface area contributed by atoms with Gasteiger partial charge in [-0.25, -0.2) is 4.98 Å². The average Bonchev–Trinajstić information content (AvgIpc) is 2.83. The molecule has 1 aliphatic heterocycles. The molecule has 0 atom stereocenters. The molecule has 8 heteroatoms. The van der Waals surface area contributed by atoms with Crippen LogP contribution in [0.25, 0.3) is 0 Å². The Hall–Kier alpha value is -2.36. The lowest BCUT2D eigenvalue weighted by molar-refractivity contribution is -0.131. The van der Waals surface area contributed by atoms with Crippen molar-refractivity contribution in [3.05, 3.63) is 60.3 Å². The number of carbonyl (C=O) groups excluding carboxylic acids is 1. The predicted molar refractivity (Wildman–Crippen MR) is 144 cm³/mol. The van der Waals surface area contributed by atoms with Crippen LogP contribution in [0.1, 0.15) is 31.2 Å². The number of carbonyl (C=O) groups is 1. The van der Waals surface area contributed by atoms with Gasteiger partial charge in [-0.2, -0.15) is 0 Å². The number of amides is 1. The number of nitrogens with zero attached hydrogens (tertiary/aromatic N) is 4. The monoisotopic (exact) mass is 562 g/mol. The third-order valence-corrected chi connectivity index (χ3v) is 6.75. The van der Waals surface area contributed by atoms with Crippen LogP contribution in [0, 0.1) is 0 Å². The van der Waals surface area contributed by atoms with E-state index < -0.39 is 0 Å². The molecule has 2 aliphatic rings. The highest BCUT2D eigenvalue weighted by molar-refractivity contribution is 14.0. The van der Waals surface area contributed by atoms with Gasteiger partial charge in [-0.3, -0.25) is 9.79 Å². The van der Waals surface area contributed by atoms with E-state index in [4.69, 9.17) is 0 Å². The summed E-state index contributed by atoms with van der Waals surface area (Å²) in [5.41, 5.74) is 1.59. The Morgan fingerprint density at radius 3 is 2.36 bits per heavy atom. The molecule has 1 aromatic carbocycles. The quantitative estimate of drug-likeness (QED) is 0.309. The Kier molecular flexibility index (Phi) is 9.34. The van der Waals surface area contributed by atoms with Crippen LogP contribution in [0.3, 0.4) is 0 Å². The van der Waals surface area contributed by atoms with E-state index in [1.54, 1.807) is 7.05 Å². The fourth-order valence-corrected chi connectivity index (χ4v) is 4.61. The van der Waals surface area contributed by atoms with Gasteiger partial charge in [-0.15, -0.1) is 24.0 Å². The third-order valence-electron chi connectivity index (χ3n) is 6.75. The number of guanidine groups is 1. The molecule has 1 aromatic heterocycles.